The Bertz CT molecular complexity index is 1070. The number of pyridine rings is 1. The molecule has 0 saturated carbocycles. The molecule has 1 aromatic carbocycles. The second-order valence-corrected chi connectivity index (χ2v) is 7.84. The third-order valence-electron chi connectivity index (χ3n) is 5.81. The maximum Gasteiger partial charge on any atom is 0.321 e. The second kappa shape index (κ2) is 8.29. The molecule has 2 aliphatic heterocycles. The largest absolute Gasteiger partial charge is 0.486 e. The maximum atomic E-state index is 12.8. The van der Waals surface area contributed by atoms with Gasteiger partial charge in [0, 0.05) is 60.7 Å². The van der Waals surface area contributed by atoms with Crippen LogP contribution in [-0.4, -0.2) is 51.8 Å². The maximum absolute atomic E-state index is 12.8. The van der Waals surface area contributed by atoms with Gasteiger partial charge in [0.1, 0.15) is 19.0 Å². The zero-order valence-corrected chi connectivity index (χ0v) is 17.5. The number of amides is 2. The van der Waals surface area contributed by atoms with Crippen molar-refractivity contribution < 1.29 is 14.3 Å². The average molecular weight is 419 g/mol. The zero-order chi connectivity index (χ0) is 21.2. The third-order valence-corrected chi connectivity index (χ3v) is 5.81. The van der Waals surface area contributed by atoms with E-state index in [1.807, 2.05) is 47.6 Å². The van der Waals surface area contributed by atoms with Crippen LogP contribution < -0.4 is 14.8 Å². The Kier molecular flexibility index (Phi) is 5.19. The van der Waals surface area contributed by atoms with Crippen LogP contribution in [0.15, 0.2) is 48.9 Å². The van der Waals surface area contributed by atoms with E-state index in [-0.39, 0.29) is 6.03 Å². The highest BCUT2D eigenvalue weighted by Gasteiger charge is 2.27. The van der Waals surface area contributed by atoms with E-state index >= 15 is 0 Å². The molecule has 0 radical (unpaired) electrons. The molecule has 4 heterocycles. The molecule has 160 valence electrons. The van der Waals surface area contributed by atoms with E-state index < -0.39 is 0 Å². The van der Waals surface area contributed by atoms with Crippen LogP contribution >= 0.6 is 0 Å². The Morgan fingerprint density at radius 2 is 1.90 bits per heavy atom. The first kappa shape index (κ1) is 19.4. The Hall–Kier alpha value is -3.55. The summed E-state index contributed by atoms with van der Waals surface area (Å²) in [5.41, 5.74) is 2.84. The van der Waals surface area contributed by atoms with Crippen molar-refractivity contribution in [3.05, 3.63) is 54.6 Å². The van der Waals surface area contributed by atoms with Gasteiger partial charge in [0.05, 0.1) is 0 Å². The van der Waals surface area contributed by atoms with Gasteiger partial charge in [-0.25, -0.2) is 9.78 Å². The van der Waals surface area contributed by atoms with Crippen molar-refractivity contribution in [2.45, 2.75) is 25.8 Å². The minimum absolute atomic E-state index is 0.0926. The number of hydrogen-bond donors (Lipinski definition) is 1. The molecule has 2 aliphatic rings. The van der Waals surface area contributed by atoms with Gasteiger partial charge in [0.15, 0.2) is 11.5 Å². The van der Waals surface area contributed by atoms with E-state index in [0.717, 1.165) is 29.9 Å². The first-order chi connectivity index (χ1) is 15.2. The van der Waals surface area contributed by atoms with Crippen molar-refractivity contribution in [1.29, 1.82) is 0 Å². The van der Waals surface area contributed by atoms with E-state index in [9.17, 15) is 4.79 Å². The van der Waals surface area contributed by atoms with Gasteiger partial charge in [-0.15, -0.1) is 0 Å². The number of aryl methyl sites for hydroxylation is 1. The van der Waals surface area contributed by atoms with Crippen LogP contribution in [0.25, 0.3) is 11.4 Å². The van der Waals surface area contributed by atoms with Crippen LogP contribution in [0.1, 0.15) is 24.6 Å². The number of fused-ring (bicyclic) bond motifs is 1. The lowest BCUT2D eigenvalue weighted by Crippen LogP contribution is -2.41. The van der Waals surface area contributed by atoms with Crippen molar-refractivity contribution in [3.8, 4) is 22.9 Å². The molecule has 31 heavy (non-hydrogen) atoms. The highest BCUT2D eigenvalue weighted by molar-refractivity contribution is 5.89. The van der Waals surface area contributed by atoms with Gasteiger partial charge >= 0.3 is 6.03 Å². The van der Waals surface area contributed by atoms with Gasteiger partial charge in [-0.1, -0.05) is 0 Å². The fourth-order valence-electron chi connectivity index (χ4n) is 4.27. The molecule has 1 fully saturated rings. The lowest BCUT2D eigenvalue weighted by molar-refractivity contribution is 0.171. The number of benzene rings is 1. The summed E-state index contributed by atoms with van der Waals surface area (Å²) in [6.07, 6.45) is 7.26. The minimum atomic E-state index is -0.0926. The van der Waals surface area contributed by atoms with Gasteiger partial charge in [-0.2, -0.15) is 0 Å². The number of ether oxygens (including phenoxy) is 2. The fourth-order valence-corrected chi connectivity index (χ4v) is 4.27. The summed E-state index contributed by atoms with van der Waals surface area (Å²) in [6, 6.07) is 9.65. The fraction of sp³-hybridized carbons (Fsp3) is 0.348. The quantitative estimate of drug-likeness (QED) is 0.696. The molecule has 1 N–H and O–H groups in total. The van der Waals surface area contributed by atoms with Gasteiger partial charge in [0.2, 0.25) is 0 Å². The number of carbonyl (C=O) groups is 1. The smallest absolute Gasteiger partial charge is 0.321 e. The molecule has 2 amide bonds. The summed E-state index contributed by atoms with van der Waals surface area (Å²) in [5.74, 6) is 2.32. The first-order valence-corrected chi connectivity index (χ1v) is 10.6. The molecule has 8 nitrogen and oxygen atoms in total. The SMILES string of the molecule is Cc1cnc(-c2cccnc2)n1C1CCN(C(=O)Nc2ccc3c(c2)OCCO3)CC1. The number of anilines is 1. The van der Waals surface area contributed by atoms with E-state index in [4.69, 9.17) is 9.47 Å². The molecule has 0 bridgehead atoms. The number of hydrogen-bond acceptors (Lipinski definition) is 5. The number of nitrogens with zero attached hydrogens (tertiary/aromatic N) is 4. The molecule has 0 aliphatic carbocycles. The molecular formula is C23H25N5O3. The Morgan fingerprint density at radius 1 is 1.10 bits per heavy atom. The van der Waals surface area contributed by atoms with E-state index in [0.29, 0.717) is 49.5 Å². The highest BCUT2D eigenvalue weighted by atomic mass is 16.6. The summed E-state index contributed by atoms with van der Waals surface area (Å²) < 4.78 is 13.4. The van der Waals surface area contributed by atoms with Crippen LogP contribution in [0, 0.1) is 6.92 Å². The summed E-state index contributed by atoms with van der Waals surface area (Å²) in [7, 11) is 0. The van der Waals surface area contributed by atoms with Crippen LogP contribution in [0.5, 0.6) is 11.5 Å². The molecule has 0 spiro atoms. The average Bonchev–Trinajstić information content (AvgIpc) is 3.21. The number of aromatic nitrogens is 3. The monoisotopic (exact) mass is 419 g/mol. The standard InChI is InChI=1S/C23H25N5O3/c1-16-14-25-22(17-3-2-8-24-15-17)28(16)19-6-9-27(10-7-19)23(29)26-18-4-5-20-21(13-18)31-12-11-30-20/h2-5,8,13-15,19H,6-7,9-12H2,1H3,(H,26,29). The number of urea groups is 1. The molecule has 0 unspecified atom stereocenters. The van der Waals surface area contributed by atoms with Crippen LogP contribution in [0.2, 0.25) is 0 Å². The van der Waals surface area contributed by atoms with Gasteiger partial charge < -0.3 is 24.3 Å². The second-order valence-electron chi connectivity index (χ2n) is 7.84. The Labute approximate surface area is 180 Å². The number of imidazole rings is 1. The number of piperidine rings is 1. The van der Waals surface area contributed by atoms with Crippen molar-refractivity contribution in [3.63, 3.8) is 0 Å². The van der Waals surface area contributed by atoms with Crippen molar-refractivity contribution in [2.75, 3.05) is 31.6 Å². The van der Waals surface area contributed by atoms with Gasteiger partial charge in [-0.3, -0.25) is 4.98 Å². The molecular weight excluding hydrogens is 394 g/mol. The third kappa shape index (κ3) is 3.93. The molecule has 5 rings (SSSR count). The minimum Gasteiger partial charge on any atom is -0.486 e. The number of carbonyl (C=O) groups excluding carboxylic acids is 1. The van der Waals surface area contributed by atoms with E-state index in [2.05, 4.69) is 26.8 Å². The molecule has 2 aromatic heterocycles. The van der Waals surface area contributed by atoms with Crippen LogP contribution in [0.4, 0.5) is 10.5 Å². The Balaban J connectivity index is 1.24. The van der Waals surface area contributed by atoms with Gasteiger partial charge in [-0.05, 0) is 44.0 Å². The lowest BCUT2D eigenvalue weighted by Gasteiger charge is -2.34. The molecule has 1 saturated heterocycles. The predicted molar refractivity (Wildman–Crippen MR) is 116 cm³/mol. The lowest BCUT2D eigenvalue weighted by atomic mass is 10.0. The molecule has 0 atom stereocenters. The van der Waals surface area contributed by atoms with Crippen LogP contribution in [0.3, 0.4) is 0 Å². The zero-order valence-electron chi connectivity index (χ0n) is 17.5. The summed E-state index contributed by atoms with van der Waals surface area (Å²) in [6.45, 7) is 4.52. The van der Waals surface area contributed by atoms with Crippen LogP contribution in [-0.2, 0) is 0 Å². The molecule has 3 aromatic rings. The number of rotatable bonds is 3. The Morgan fingerprint density at radius 3 is 2.68 bits per heavy atom. The normalized spacial score (nSPS) is 16.2. The van der Waals surface area contributed by atoms with Crippen molar-refractivity contribution in [1.82, 2.24) is 19.4 Å². The molecule has 8 heteroatoms. The van der Waals surface area contributed by atoms with Crippen molar-refractivity contribution in [2.24, 2.45) is 0 Å². The summed E-state index contributed by atoms with van der Waals surface area (Å²) in [5, 5.41) is 2.98. The summed E-state index contributed by atoms with van der Waals surface area (Å²) in [4.78, 5) is 23.5. The topological polar surface area (TPSA) is 81.5 Å². The van der Waals surface area contributed by atoms with E-state index in [1.54, 1.807) is 6.20 Å². The predicted octanol–water partition coefficient (Wildman–Crippen LogP) is 3.89. The number of likely N-dealkylation sites (tertiary alicyclic amines) is 1. The van der Waals surface area contributed by atoms with Gasteiger partial charge in [0.25, 0.3) is 0 Å². The highest BCUT2D eigenvalue weighted by Crippen LogP contribution is 2.33. The number of nitrogens with one attached hydrogen (secondary N) is 1. The van der Waals surface area contributed by atoms with E-state index in [1.165, 1.54) is 0 Å². The summed E-state index contributed by atoms with van der Waals surface area (Å²) >= 11 is 0. The van der Waals surface area contributed by atoms with Crippen molar-refractivity contribution >= 4 is 11.7 Å². The first-order valence-electron chi connectivity index (χ1n) is 10.6.